The summed E-state index contributed by atoms with van der Waals surface area (Å²) in [6.45, 7) is 2.60. The fourth-order valence-electron chi connectivity index (χ4n) is 1.75. The van der Waals surface area contributed by atoms with Crippen LogP contribution >= 0.6 is 27.5 Å². The summed E-state index contributed by atoms with van der Waals surface area (Å²) in [5.74, 6) is -0.214. The van der Waals surface area contributed by atoms with Gasteiger partial charge in [-0.1, -0.05) is 45.8 Å². The summed E-state index contributed by atoms with van der Waals surface area (Å²) in [6, 6.07) is 8.18. The lowest BCUT2D eigenvalue weighted by atomic mass is 10.1. The van der Waals surface area contributed by atoms with Crippen LogP contribution in [-0.4, -0.2) is 23.9 Å². The van der Waals surface area contributed by atoms with E-state index in [-0.39, 0.29) is 6.10 Å². The van der Waals surface area contributed by atoms with Gasteiger partial charge in [-0.15, -0.1) is 11.6 Å². The molecule has 1 fully saturated rings. The zero-order valence-electron chi connectivity index (χ0n) is 9.08. The smallest absolute Gasteiger partial charge is 0.205 e. The third-order valence-electron chi connectivity index (χ3n) is 2.70. The maximum Gasteiger partial charge on any atom is 0.205 e. The first kappa shape index (κ1) is 12.4. The number of benzene rings is 1. The van der Waals surface area contributed by atoms with Crippen molar-refractivity contribution in [3.05, 3.63) is 35.4 Å². The summed E-state index contributed by atoms with van der Waals surface area (Å²) in [6.07, 6.45) is -0.0273. The van der Waals surface area contributed by atoms with E-state index in [1.807, 2.05) is 12.1 Å². The maximum atomic E-state index is 5.87. The van der Waals surface area contributed by atoms with E-state index in [1.54, 1.807) is 0 Å². The van der Waals surface area contributed by atoms with Gasteiger partial charge in [-0.25, -0.2) is 0 Å². The van der Waals surface area contributed by atoms with Crippen LogP contribution in [-0.2, 0) is 15.3 Å². The molecule has 0 aromatic heterocycles. The molecular formula is C12H14BrClO2. The summed E-state index contributed by atoms with van der Waals surface area (Å²) >= 11 is 9.24. The third kappa shape index (κ3) is 2.28. The Balaban J connectivity index is 2.25. The molecule has 2 nitrogen and oxygen atoms in total. The van der Waals surface area contributed by atoms with Crippen molar-refractivity contribution in [1.82, 2.24) is 0 Å². The highest BCUT2D eigenvalue weighted by Crippen LogP contribution is 2.36. The van der Waals surface area contributed by atoms with E-state index >= 15 is 0 Å². The number of halogens is 2. The molecule has 4 heteroatoms. The van der Waals surface area contributed by atoms with E-state index in [1.165, 1.54) is 5.56 Å². The predicted octanol–water partition coefficient (Wildman–Crippen LogP) is 3.20. The Morgan fingerprint density at radius 1 is 1.44 bits per heavy atom. The Morgan fingerprint density at radius 3 is 2.62 bits per heavy atom. The summed E-state index contributed by atoms with van der Waals surface area (Å²) in [7, 11) is 0. The monoisotopic (exact) mass is 304 g/mol. The molecule has 0 N–H and O–H groups in total. The first-order chi connectivity index (χ1) is 7.70. The lowest BCUT2D eigenvalue weighted by molar-refractivity contribution is -0.154. The quantitative estimate of drug-likeness (QED) is 0.799. The van der Waals surface area contributed by atoms with E-state index in [0.717, 1.165) is 5.56 Å². The second-order valence-corrected chi connectivity index (χ2v) is 4.83. The molecule has 0 radical (unpaired) electrons. The van der Waals surface area contributed by atoms with Crippen molar-refractivity contribution in [2.75, 3.05) is 17.8 Å². The van der Waals surface area contributed by atoms with Crippen molar-refractivity contribution in [2.45, 2.75) is 18.8 Å². The van der Waals surface area contributed by atoms with E-state index in [4.69, 9.17) is 21.1 Å². The van der Waals surface area contributed by atoms with E-state index in [2.05, 4.69) is 35.0 Å². The van der Waals surface area contributed by atoms with Gasteiger partial charge in [0.2, 0.25) is 5.79 Å². The molecule has 1 aromatic carbocycles. The van der Waals surface area contributed by atoms with Crippen LogP contribution in [0.5, 0.6) is 0 Å². The van der Waals surface area contributed by atoms with Crippen molar-refractivity contribution in [3.8, 4) is 0 Å². The van der Waals surface area contributed by atoms with E-state index < -0.39 is 5.79 Å². The van der Waals surface area contributed by atoms with Gasteiger partial charge in [-0.3, -0.25) is 0 Å². The summed E-state index contributed by atoms with van der Waals surface area (Å²) in [4.78, 5) is 0. The lowest BCUT2D eigenvalue weighted by Gasteiger charge is -2.26. The van der Waals surface area contributed by atoms with Gasteiger partial charge >= 0.3 is 0 Å². The number of hydrogen-bond acceptors (Lipinski definition) is 2. The van der Waals surface area contributed by atoms with Crippen LogP contribution in [0.25, 0.3) is 0 Å². The molecule has 0 amide bonds. The Morgan fingerprint density at radius 2 is 2.12 bits per heavy atom. The molecule has 1 aromatic rings. The predicted molar refractivity (Wildman–Crippen MR) is 68.2 cm³/mol. The standard InChI is InChI=1S/C12H14BrClO2/c1-9-2-4-10(5-3-9)12(8-13)15-7-11(6-14)16-12/h2-5,11H,6-8H2,1H3/t11-,12-/m1/s1. The average molecular weight is 306 g/mol. The molecule has 88 valence electrons. The Bertz CT molecular complexity index is 355. The van der Waals surface area contributed by atoms with E-state index in [9.17, 15) is 0 Å². The fraction of sp³-hybridized carbons (Fsp3) is 0.500. The first-order valence-electron chi connectivity index (χ1n) is 5.21. The molecule has 1 saturated heterocycles. The number of alkyl halides is 2. The molecule has 16 heavy (non-hydrogen) atoms. The van der Waals surface area contributed by atoms with Gasteiger partial charge in [0.25, 0.3) is 0 Å². The minimum absolute atomic E-state index is 0.0273. The van der Waals surface area contributed by atoms with Gasteiger partial charge < -0.3 is 9.47 Å². The summed E-state index contributed by atoms with van der Waals surface area (Å²) < 4.78 is 11.6. The molecule has 2 atom stereocenters. The molecule has 1 heterocycles. The van der Waals surface area contributed by atoms with Gasteiger partial charge in [0.15, 0.2) is 0 Å². The average Bonchev–Trinajstić information content (AvgIpc) is 2.75. The molecular weight excluding hydrogens is 291 g/mol. The molecule has 0 aliphatic carbocycles. The highest BCUT2D eigenvalue weighted by atomic mass is 79.9. The zero-order chi connectivity index (χ0) is 11.6. The topological polar surface area (TPSA) is 18.5 Å². The minimum atomic E-state index is -0.673. The number of aryl methyl sites for hydroxylation is 1. The second kappa shape index (κ2) is 5.05. The SMILES string of the molecule is Cc1ccc([C@]2(CBr)OC[C@@H](CCl)O2)cc1. The van der Waals surface area contributed by atoms with Crippen molar-refractivity contribution in [2.24, 2.45) is 0 Å². The van der Waals surface area contributed by atoms with Crippen LogP contribution < -0.4 is 0 Å². The van der Waals surface area contributed by atoms with Crippen LogP contribution in [0.4, 0.5) is 0 Å². The summed E-state index contributed by atoms with van der Waals surface area (Å²) in [5.41, 5.74) is 2.25. The van der Waals surface area contributed by atoms with Crippen molar-refractivity contribution >= 4 is 27.5 Å². The Kier molecular flexibility index (Phi) is 3.90. The molecule has 0 unspecified atom stereocenters. The van der Waals surface area contributed by atoms with Crippen LogP contribution in [0.3, 0.4) is 0 Å². The van der Waals surface area contributed by atoms with Gasteiger partial charge in [-0.2, -0.15) is 0 Å². The number of ether oxygens (including phenoxy) is 2. The van der Waals surface area contributed by atoms with Crippen LogP contribution in [0.1, 0.15) is 11.1 Å². The largest absolute Gasteiger partial charge is 0.342 e. The van der Waals surface area contributed by atoms with Crippen LogP contribution in [0, 0.1) is 6.92 Å². The van der Waals surface area contributed by atoms with Gasteiger partial charge in [0.05, 0.1) is 23.9 Å². The maximum absolute atomic E-state index is 5.87. The van der Waals surface area contributed by atoms with Gasteiger partial charge in [-0.05, 0) is 6.92 Å². The fourth-order valence-corrected chi connectivity index (χ4v) is 2.52. The third-order valence-corrected chi connectivity index (χ3v) is 3.78. The molecule has 1 aliphatic rings. The van der Waals surface area contributed by atoms with Crippen molar-refractivity contribution in [3.63, 3.8) is 0 Å². The van der Waals surface area contributed by atoms with Crippen LogP contribution in [0.2, 0.25) is 0 Å². The van der Waals surface area contributed by atoms with Crippen molar-refractivity contribution < 1.29 is 9.47 Å². The number of rotatable bonds is 3. The van der Waals surface area contributed by atoms with Gasteiger partial charge in [0.1, 0.15) is 0 Å². The zero-order valence-corrected chi connectivity index (χ0v) is 11.4. The molecule has 0 bridgehead atoms. The normalized spacial score (nSPS) is 29.6. The van der Waals surface area contributed by atoms with Crippen LogP contribution in [0.15, 0.2) is 24.3 Å². The second-order valence-electron chi connectivity index (χ2n) is 3.96. The Hall–Kier alpha value is -0.0900. The lowest BCUT2D eigenvalue weighted by Crippen LogP contribution is -2.30. The van der Waals surface area contributed by atoms with Gasteiger partial charge in [0, 0.05) is 5.56 Å². The molecule has 0 spiro atoms. The molecule has 0 saturated carbocycles. The van der Waals surface area contributed by atoms with Crippen molar-refractivity contribution in [1.29, 1.82) is 0 Å². The summed E-state index contributed by atoms with van der Waals surface area (Å²) in [5, 5.41) is 0.608. The molecule has 1 aliphatic heterocycles. The highest BCUT2D eigenvalue weighted by Gasteiger charge is 2.41. The first-order valence-corrected chi connectivity index (χ1v) is 6.86. The molecule has 2 rings (SSSR count). The Labute approximate surface area is 109 Å². The minimum Gasteiger partial charge on any atom is -0.342 e. The highest BCUT2D eigenvalue weighted by molar-refractivity contribution is 9.09. The van der Waals surface area contributed by atoms with E-state index in [0.29, 0.717) is 17.8 Å². The number of hydrogen-bond donors (Lipinski definition) is 0.